The maximum Gasteiger partial charge on any atom is 0.337 e. The molecule has 0 aliphatic carbocycles. The number of hydrogen-bond acceptors (Lipinski definition) is 3. The highest BCUT2D eigenvalue weighted by Crippen LogP contribution is 2.27. The van der Waals surface area contributed by atoms with Crippen molar-refractivity contribution in [1.29, 1.82) is 0 Å². The Morgan fingerprint density at radius 3 is 2.88 bits per heavy atom. The van der Waals surface area contributed by atoms with Gasteiger partial charge in [0.05, 0.1) is 23.7 Å². The quantitative estimate of drug-likeness (QED) is 0.615. The number of carboxylic acid groups (broad SMARTS) is 1. The van der Waals surface area contributed by atoms with Gasteiger partial charge in [0, 0.05) is 35.8 Å². The SMILES string of the molecule is COc1ccc2c(C(=O)O)cn(Cc3ccc4ncccc4c3)c2c1. The second-order valence-electron chi connectivity index (χ2n) is 5.89. The van der Waals surface area contributed by atoms with Crippen molar-refractivity contribution in [3.8, 4) is 5.75 Å². The van der Waals surface area contributed by atoms with Gasteiger partial charge in [0.15, 0.2) is 0 Å². The van der Waals surface area contributed by atoms with Gasteiger partial charge in [-0.05, 0) is 35.9 Å². The molecule has 0 fully saturated rings. The van der Waals surface area contributed by atoms with Crippen LogP contribution in [0.4, 0.5) is 0 Å². The smallest absolute Gasteiger partial charge is 0.337 e. The van der Waals surface area contributed by atoms with Gasteiger partial charge in [-0.3, -0.25) is 4.98 Å². The second-order valence-corrected chi connectivity index (χ2v) is 5.89. The first-order valence-corrected chi connectivity index (χ1v) is 7.89. The molecule has 25 heavy (non-hydrogen) atoms. The van der Waals surface area contributed by atoms with E-state index in [1.807, 2.05) is 34.9 Å². The Bertz CT molecular complexity index is 1100. The lowest BCUT2D eigenvalue weighted by Crippen LogP contribution is -1.99. The van der Waals surface area contributed by atoms with Crippen molar-refractivity contribution >= 4 is 27.8 Å². The predicted molar refractivity (Wildman–Crippen MR) is 96.3 cm³/mol. The summed E-state index contributed by atoms with van der Waals surface area (Å²) in [4.78, 5) is 15.9. The van der Waals surface area contributed by atoms with Crippen LogP contribution in [0.15, 0.2) is 60.9 Å². The normalized spacial score (nSPS) is 11.1. The molecule has 0 atom stereocenters. The highest BCUT2D eigenvalue weighted by atomic mass is 16.5. The maximum atomic E-state index is 11.6. The fraction of sp³-hybridized carbons (Fsp3) is 0.100. The lowest BCUT2D eigenvalue weighted by Gasteiger charge is -2.08. The fourth-order valence-corrected chi connectivity index (χ4v) is 3.12. The Morgan fingerprint density at radius 1 is 1.20 bits per heavy atom. The van der Waals surface area contributed by atoms with E-state index in [-0.39, 0.29) is 0 Å². The molecule has 0 aliphatic rings. The number of ether oxygens (including phenoxy) is 1. The van der Waals surface area contributed by atoms with Gasteiger partial charge >= 0.3 is 5.97 Å². The zero-order valence-electron chi connectivity index (χ0n) is 13.6. The van der Waals surface area contributed by atoms with Gasteiger partial charge in [-0.15, -0.1) is 0 Å². The monoisotopic (exact) mass is 332 g/mol. The van der Waals surface area contributed by atoms with E-state index in [9.17, 15) is 9.90 Å². The van der Waals surface area contributed by atoms with Crippen LogP contribution in [-0.4, -0.2) is 27.7 Å². The van der Waals surface area contributed by atoms with Crippen LogP contribution in [0.3, 0.4) is 0 Å². The van der Waals surface area contributed by atoms with Crippen molar-refractivity contribution in [2.45, 2.75) is 6.54 Å². The first kappa shape index (κ1) is 15.2. The first-order chi connectivity index (χ1) is 12.2. The summed E-state index contributed by atoms with van der Waals surface area (Å²) in [6.07, 6.45) is 3.45. The minimum absolute atomic E-state index is 0.292. The lowest BCUT2D eigenvalue weighted by molar-refractivity contribution is 0.0699. The van der Waals surface area contributed by atoms with Crippen LogP contribution in [0.5, 0.6) is 5.75 Å². The van der Waals surface area contributed by atoms with Crippen LogP contribution in [0.25, 0.3) is 21.8 Å². The molecule has 1 N–H and O–H groups in total. The van der Waals surface area contributed by atoms with E-state index in [1.165, 1.54) is 0 Å². The molecule has 4 aromatic rings. The summed E-state index contributed by atoms with van der Waals surface area (Å²) in [6.45, 7) is 0.571. The number of nitrogens with zero attached hydrogens (tertiary/aromatic N) is 2. The Balaban J connectivity index is 1.82. The molecule has 0 saturated heterocycles. The summed E-state index contributed by atoms with van der Waals surface area (Å²) >= 11 is 0. The molecule has 124 valence electrons. The summed E-state index contributed by atoms with van der Waals surface area (Å²) in [6, 6.07) is 15.4. The number of aromatic carboxylic acids is 1. The van der Waals surface area contributed by atoms with Crippen molar-refractivity contribution in [1.82, 2.24) is 9.55 Å². The lowest BCUT2D eigenvalue weighted by atomic mass is 10.1. The van der Waals surface area contributed by atoms with Crippen molar-refractivity contribution < 1.29 is 14.6 Å². The summed E-state index contributed by atoms with van der Waals surface area (Å²) in [7, 11) is 1.60. The number of carboxylic acids is 1. The summed E-state index contributed by atoms with van der Waals surface area (Å²) in [5.41, 5.74) is 3.15. The number of rotatable bonds is 4. The molecule has 0 bridgehead atoms. The van der Waals surface area contributed by atoms with Crippen LogP contribution in [0, 0.1) is 0 Å². The highest BCUT2D eigenvalue weighted by molar-refractivity contribution is 6.03. The maximum absolute atomic E-state index is 11.6. The van der Waals surface area contributed by atoms with Crippen LogP contribution in [0.2, 0.25) is 0 Å². The minimum atomic E-state index is -0.934. The Labute approximate surface area is 144 Å². The van der Waals surface area contributed by atoms with Gasteiger partial charge in [0.25, 0.3) is 0 Å². The molecule has 2 heterocycles. The number of fused-ring (bicyclic) bond motifs is 2. The zero-order chi connectivity index (χ0) is 17.4. The Kier molecular flexibility index (Phi) is 3.61. The van der Waals surface area contributed by atoms with Crippen molar-refractivity contribution in [2.24, 2.45) is 0 Å². The molecular formula is C20H16N2O3. The van der Waals surface area contributed by atoms with Gasteiger partial charge in [-0.25, -0.2) is 4.79 Å². The standard InChI is InChI=1S/C20H16N2O3/c1-25-15-5-6-16-17(20(23)24)12-22(19(16)10-15)11-13-4-7-18-14(9-13)3-2-8-21-18/h2-10,12H,11H2,1H3,(H,23,24). The summed E-state index contributed by atoms with van der Waals surface area (Å²) in [5, 5.41) is 11.2. The van der Waals surface area contributed by atoms with E-state index in [0.717, 1.165) is 22.0 Å². The number of hydrogen-bond donors (Lipinski definition) is 1. The van der Waals surface area contributed by atoms with Gasteiger partial charge < -0.3 is 14.4 Å². The predicted octanol–water partition coefficient (Wildman–Crippen LogP) is 3.94. The van der Waals surface area contributed by atoms with Gasteiger partial charge in [-0.1, -0.05) is 12.1 Å². The summed E-state index contributed by atoms with van der Waals surface area (Å²) < 4.78 is 7.23. The van der Waals surface area contributed by atoms with Crippen LogP contribution in [0.1, 0.15) is 15.9 Å². The van der Waals surface area contributed by atoms with E-state index in [1.54, 1.807) is 31.6 Å². The van der Waals surface area contributed by atoms with E-state index < -0.39 is 5.97 Å². The minimum Gasteiger partial charge on any atom is -0.497 e. The third kappa shape index (κ3) is 2.70. The number of aromatic nitrogens is 2. The van der Waals surface area contributed by atoms with Crippen molar-refractivity contribution in [3.63, 3.8) is 0 Å². The van der Waals surface area contributed by atoms with E-state index in [4.69, 9.17) is 4.74 Å². The molecule has 0 radical (unpaired) electrons. The van der Waals surface area contributed by atoms with Gasteiger partial charge in [0.2, 0.25) is 0 Å². The molecule has 0 spiro atoms. The zero-order valence-corrected chi connectivity index (χ0v) is 13.6. The summed E-state index contributed by atoms with van der Waals surface area (Å²) in [5.74, 6) is -0.233. The molecular weight excluding hydrogens is 316 g/mol. The third-order valence-corrected chi connectivity index (χ3v) is 4.34. The average Bonchev–Trinajstić information content (AvgIpc) is 2.99. The molecule has 5 heteroatoms. The second kappa shape index (κ2) is 5.94. The first-order valence-electron chi connectivity index (χ1n) is 7.89. The highest BCUT2D eigenvalue weighted by Gasteiger charge is 2.15. The fourth-order valence-electron chi connectivity index (χ4n) is 3.12. The van der Waals surface area contributed by atoms with Crippen molar-refractivity contribution in [2.75, 3.05) is 7.11 Å². The molecule has 0 amide bonds. The largest absolute Gasteiger partial charge is 0.497 e. The van der Waals surface area contributed by atoms with E-state index in [2.05, 4.69) is 11.1 Å². The molecule has 5 nitrogen and oxygen atoms in total. The number of pyridine rings is 1. The van der Waals surface area contributed by atoms with E-state index >= 15 is 0 Å². The number of benzene rings is 2. The number of carbonyl (C=O) groups is 1. The Morgan fingerprint density at radius 2 is 2.08 bits per heavy atom. The molecule has 0 unspecified atom stereocenters. The molecule has 4 rings (SSSR count). The molecule has 2 aromatic heterocycles. The van der Waals surface area contributed by atoms with Crippen molar-refractivity contribution in [3.05, 3.63) is 72.1 Å². The van der Waals surface area contributed by atoms with E-state index in [0.29, 0.717) is 23.2 Å². The van der Waals surface area contributed by atoms with Crippen LogP contribution >= 0.6 is 0 Å². The van der Waals surface area contributed by atoms with Crippen LogP contribution in [-0.2, 0) is 6.54 Å². The topological polar surface area (TPSA) is 64.3 Å². The molecule has 0 saturated carbocycles. The van der Waals surface area contributed by atoms with Gasteiger partial charge in [0.1, 0.15) is 5.75 Å². The molecule has 2 aromatic carbocycles. The third-order valence-electron chi connectivity index (χ3n) is 4.34. The Hall–Kier alpha value is -3.34. The molecule has 0 aliphatic heterocycles. The number of methoxy groups -OCH3 is 1. The van der Waals surface area contributed by atoms with Crippen LogP contribution < -0.4 is 4.74 Å². The van der Waals surface area contributed by atoms with Gasteiger partial charge in [-0.2, -0.15) is 0 Å². The average molecular weight is 332 g/mol.